The highest BCUT2D eigenvalue weighted by Crippen LogP contribution is 2.07. The summed E-state index contributed by atoms with van der Waals surface area (Å²) in [5.41, 5.74) is 0. The average Bonchev–Trinajstić information content (AvgIpc) is 2.24. The van der Waals surface area contributed by atoms with Gasteiger partial charge in [0.15, 0.2) is 0 Å². The van der Waals surface area contributed by atoms with Crippen molar-refractivity contribution in [3.8, 4) is 0 Å². The van der Waals surface area contributed by atoms with Crippen LogP contribution >= 0.6 is 0 Å². The molecule has 1 unspecified atom stereocenters. The van der Waals surface area contributed by atoms with Crippen molar-refractivity contribution in [1.82, 2.24) is 0 Å². The topological polar surface area (TPSA) is 9.23 Å². The zero-order chi connectivity index (χ0) is 11.2. The minimum absolute atomic E-state index is 0.518. The van der Waals surface area contributed by atoms with Crippen molar-refractivity contribution in [2.24, 2.45) is 0 Å². The first-order valence-electron chi connectivity index (χ1n) is 6.38. The summed E-state index contributed by atoms with van der Waals surface area (Å²) in [4.78, 5) is 0. The van der Waals surface area contributed by atoms with Crippen LogP contribution in [0, 0.1) is 0 Å². The monoisotopic (exact) mass is 202 g/mol. The lowest BCUT2D eigenvalue weighted by Gasteiger charge is -2.13. The van der Waals surface area contributed by atoms with Crippen LogP contribution in [0.2, 0.25) is 0 Å². The Morgan fingerprint density at radius 3 is 1.71 bits per heavy atom. The number of ether oxygens (including phenoxy) is 1. The molecule has 0 radical (unpaired) electrons. The molecule has 0 saturated heterocycles. The minimum Gasteiger partial charge on any atom is -0.379 e. The summed E-state index contributed by atoms with van der Waals surface area (Å²) >= 11 is 0. The molecule has 14 heavy (non-hydrogen) atoms. The average molecular weight is 202 g/mol. The number of rotatable bonds is 7. The molecule has 1 atom stereocenters. The zero-order valence-electron chi connectivity index (χ0n) is 10.9. The highest BCUT2D eigenvalue weighted by Gasteiger charge is 2.02. The van der Waals surface area contributed by atoms with Crippen molar-refractivity contribution in [3.63, 3.8) is 0 Å². The van der Waals surface area contributed by atoms with Crippen molar-refractivity contribution in [1.29, 1.82) is 0 Å². The van der Waals surface area contributed by atoms with E-state index in [1.807, 2.05) is 0 Å². The van der Waals surface area contributed by atoms with Gasteiger partial charge in [-0.25, -0.2) is 0 Å². The third kappa shape index (κ3) is 14.5. The molecule has 1 nitrogen and oxygen atoms in total. The van der Waals surface area contributed by atoms with Crippen LogP contribution in [0.5, 0.6) is 0 Å². The van der Waals surface area contributed by atoms with Crippen LogP contribution < -0.4 is 0 Å². The molecular formula is C13H30O. The predicted molar refractivity (Wildman–Crippen MR) is 65.8 cm³/mol. The quantitative estimate of drug-likeness (QED) is 0.576. The Balaban J connectivity index is 0. The first kappa shape index (κ1) is 16.4. The molecule has 0 aliphatic rings. The van der Waals surface area contributed by atoms with Gasteiger partial charge in [0.2, 0.25) is 0 Å². The van der Waals surface area contributed by atoms with E-state index in [-0.39, 0.29) is 0 Å². The normalized spacial score (nSPS) is 11.8. The maximum absolute atomic E-state index is 5.49. The lowest BCUT2D eigenvalue weighted by Crippen LogP contribution is -2.10. The summed E-state index contributed by atoms with van der Waals surface area (Å²) in [6.07, 6.45) is 8.14. The Morgan fingerprint density at radius 1 is 0.857 bits per heavy atom. The molecule has 0 aromatic heterocycles. The summed E-state index contributed by atoms with van der Waals surface area (Å²) in [5.74, 6) is 0. The third-order valence-corrected chi connectivity index (χ3v) is 2.24. The molecule has 0 bridgehead atoms. The third-order valence-electron chi connectivity index (χ3n) is 2.24. The Labute approximate surface area is 91.2 Å². The van der Waals surface area contributed by atoms with Gasteiger partial charge >= 0.3 is 0 Å². The number of unbranched alkanes of at least 4 members (excludes halogenated alkanes) is 2. The summed E-state index contributed by atoms with van der Waals surface area (Å²) in [6, 6.07) is 0. The van der Waals surface area contributed by atoms with Crippen LogP contribution in [-0.4, -0.2) is 12.7 Å². The lowest BCUT2D eigenvalue weighted by atomic mass is 10.1. The van der Waals surface area contributed by atoms with Gasteiger partial charge in [-0.1, -0.05) is 53.4 Å². The van der Waals surface area contributed by atoms with Crippen LogP contribution in [0.25, 0.3) is 0 Å². The zero-order valence-corrected chi connectivity index (χ0v) is 10.9. The predicted octanol–water partition coefficient (Wildman–Crippen LogP) is 4.80. The molecule has 0 aliphatic heterocycles. The van der Waals surface area contributed by atoms with E-state index in [1.54, 1.807) is 0 Å². The van der Waals surface area contributed by atoms with Gasteiger partial charge in [0.1, 0.15) is 0 Å². The highest BCUT2D eigenvalue weighted by atomic mass is 16.5. The van der Waals surface area contributed by atoms with Gasteiger partial charge in [-0.2, -0.15) is 0 Å². The van der Waals surface area contributed by atoms with Crippen LogP contribution in [0.15, 0.2) is 0 Å². The summed E-state index contributed by atoms with van der Waals surface area (Å²) < 4.78 is 5.49. The molecule has 1 heteroatoms. The van der Waals surface area contributed by atoms with E-state index in [9.17, 15) is 0 Å². The van der Waals surface area contributed by atoms with E-state index in [2.05, 4.69) is 34.6 Å². The lowest BCUT2D eigenvalue weighted by molar-refractivity contribution is 0.0527. The fourth-order valence-corrected chi connectivity index (χ4v) is 1.07. The van der Waals surface area contributed by atoms with Crippen molar-refractivity contribution in [3.05, 3.63) is 0 Å². The fraction of sp³-hybridized carbons (Fsp3) is 1.00. The molecule has 0 aliphatic carbocycles. The minimum atomic E-state index is 0.518. The summed E-state index contributed by atoms with van der Waals surface area (Å²) in [5, 5.41) is 0. The Kier molecular flexibility index (Phi) is 18.1. The molecule has 0 heterocycles. The van der Waals surface area contributed by atoms with E-state index >= 15 is 0 Å². The first-order chi connectivity index (χ1) is 6.76. The number of hydrogen-bond acceptors (Lipinski definition) is 1. The highest BCUT2D eigenvalue weighted by molar-refractivity contribution is 4.53. The maximum Gasteiger partial charge on any atom is 0.0572 e. The van der Waals surface area contributed by atoms with Gasteiger partial charge in [0.25, 0.3) is 0 Å². The van der Waals surface area contributed by atoms with Crippen LogP contribution in [0.3, 0.4) is 0 Å². The fourth-order valence-electron chi connectivity index (χ4n) is 1.07. The SMILES string of the molecule is CCCC.CCCCC(CC)OCC. The van der Waals surface area contributed by atoms with E-state index in [1.165, 1.54) is 32.1 Å². The van der Waals surface area contributed by atoms with Crippen molar-refractivity contribution < 1.29 is 4.74 Å². The van der Waals surface area contributed by atoms with E-state index in [0.29, 0.717) is 6.10 Å². The second kappa shape index (κ2) is 15.4. The van der Waals surface area contributed by atoms with Gasteiger partial charge in [0.05, 0.1) is 6.10 Å². The molecule has 0 rings (SSSR count). The van der Waals surface area contributed by atoms with Gasteiger partial charge in [0, 0.05) is 6.61 Å². The Hall–Kier alpha value is -0.0400. The van der Waals surface area contributed by atoms with Gasteiger partial charge in [-0.05, 0) is 19.8 Å². The summed E-state index contributed by atoms with van der Waals surface area (Å²) in [6.45, 7) is 11.7. The van der Waals surface area contributed by atoms with Crippen LogP contribution in [-0.2, 0) is 4.74 Å². The molecule has 0 aromatic rings. The molecule has 0 saturated carbocycles. The van der Waals surface area contributed by atoms with E-state index < -0.39 is 0 Å². The second-order valence-corrected chi connectivity index (χ2v) is 3.63. The maximum atomic E-state index is 5.49. The molecule has 0 spiro atoms. The number of hydrogen-bond donors (Lipinski definition) is 0. The summed E-state index contributed by atoms with van der Waals surface area (Å²) in [7, 11) is 0. The Bertz CT molecular complexity index is 79.3. The first-order valence-corrected chi connectivity index (χ1v) is 6.38. The van der Waals surface area contributed by atoms with E-state index in [0.717, 1.165) is 13.0 Å². The standard InChI is InChI=1S/C9H20O.C4H10/c1-4-7-8-9(5-2)10-6-3;1-3-4-2/h9H,4-8H2,1-3H3;3-4H2,1-2H3. The van der Waals surface area contributed by atoms with Crippen LogP contribution in [0.1, 0.15) is 73.1 Å². The van der Waals surface area contributed by atoms with Gasteiger partial charge < -0.3 is 4.74 Å². The molecule has 0 amide bonds. The van der Waals surface area contributed by atoms with Gasteiger partial charge in [-0.3, -0.25) is 0 Å². The van der Waals surface area contributed by atoms with Crippen molar-refractivity contribution in [2.45, 2.75) is 79.2 Å². The van der Waals surface area contributed by atoms with Crippen molar-refractivity contribution in [2.75, 3.05) is 6.61 Å². The molecule has 0 fully saturated rings. The smallest absolute Gasteiger partial charge is 0.0572 e. The van der Waals surface area contributed by atoms with E-state index in [4.69, 9.17) is 4.74 Å². The second-order valence-electron chi connectivity index (χ2n) is 3.63. The molecule has 0 N–H and O–H groups in total. The molecular weight excluding hydrogens is 172 g/mol. The molecule has 0 aromatic carbocycles. The van der Waals surface area contributed by atoms with Crippen LogP contribution in [0.4, 0.5) is 0 Å². The van der Waals surface area contributed by atoms with Crippen molar-refractivity contribution >= 4 is 0 Å². The molecule has 88 valence electrons. The Morgan fingerprint density at radius 2 is 1.43 bits per heavy atom. The largest absolute Gasteiger partial charge is 0.379 e. The van der Waals surface area contributed by atoms with Gasteiger partial charge in [-0.15, -0.1) is 0 Å².